The summed E-state index contributed by atoms with van der Waals surface area (Å²) in [5.41, 5.74) is 3.42. The zero-order chi connectivity index (χ0) is 23.2. The molecule has 1 atom stereocenters. The Kier molecular flexibility index (Phi) is 5.32. The number of carbonyl (C=O) groups is 2. The number of nitrogens with zero attached hydrogens (tertiary/aromatic N) is 2. The van der Waals surface area contributed by atoms with Crippen LogP contribution in [0.15, 0.2) is 66.7 Å². The second kappa shape index (κ2) is 8.19. The number of halogens is 2. The maximum Gasteiger partial charge on any atom is 0.323 e. The lowest BCUT2D eigenvalue weighted by Crippen LogP contribution is -2.51. The molecule has 5 rings (SSSR count). The molecule has 1 spiro atoms. The third kappa shape index (κ3) is 3.64. The van der Waals surface area contributed by atoms with Crippen LogP contribution >= 0.6 is 11.8 Å². The first-order valence-corrected chi connectivity index (χ1v) is 11.5. The van der Waals surface area contributed by atoms with Gasteiger partial charge in [0.05, 0.1) is 12.2 Å². The van der Waals surface area contributed by atoms with Crippen LogP contribution in [0.4, 0.5) is 25.0 Å². The fourth-order valence-corrected chi connectivity index (χ4v) is 5.80. The van der Waals surface area contributed by atoms with Crippen LogP contribution in [0.1, 0.15) is 16.7 Å². The zero-order valence-electron chi connectivity index (χ0n) is 17.8. The minimum absolute atomic E-state index is 0.188. The van der Waals surface area contributed by atoms with Gasteiger partial charge in [-0.3, -0.25) is 9.69 Å². The minimum Gasteiger partial charge on any atom is -0.308 e. The Morgan fingerprint density at radius 3 is 2.45 bits per heavy atom. The van der Waals surface area contributed by atoms with Crippen molar-refractivity contribution in [2.24, 2.45) is 0 Å². The lowest BCUT2D eigenvalue weighted by molar-refractivity contribution is -0.123. The Hall–Kier alpha value is -3.39. The molecule has 0 bridgehead atoms. The van der Waals surface area contributed by atoms with E-state index in [0.717, 1.165) is 11.1 Å². The normalized spacial score (nSPS) is 19.3. The van der Waals surface area contributed by atoms with Gasteiger partial charge < -0.3 is 10.2 Å². The molecule has 2 aliphatic rings. The third-order valence-electron chi connectivity index (χ3n) is 5.96. The Bertz CT molecular complexity index is 1230. The average molecular weight is 466 g/mol. The number of aryl methyl sites for hydroxylation is 1. The number of carbonyl (C=O) groups excluding carboxylic acids is 2. The van der Waals surface area contributed by atoms with Gasteiger partial charge in [0.15, 0.2) is 4.87 Å². The van der Waals surface area contributed by atoms with Crippen LogP contribution in [-0.2, 0) is 16.2 Å². The van der Waals surface area contributed by atoms with E-state index in [2.05, 4.69) is 5.32 Å². The molecule has 0 saturated carbocycles. The Morgan fingerprint density at radius 2 is 1.73 bits per heavy atom. The van der Waals surface area contributed by atoms with E-state index < -0.39 is 16.7 Å². The largest absolute Gasteiger partial charge is 0.323 e. The van der Waals surface area contributed by atoms with Crippen molar-refractivity contribution in [2.75, 3.05) is 22.5 Å². The molecule has 1 N–H and O–H groups in total. The van der Waals surface area contributed by atoms with E-state index in [0.29, 0.717) is 29.2 Å². The predicted molar refractivity (Wildman–Crippen MR) is 125 cm³/mol. The molecule has 1 fully saturated rings. The molecule has 168 valence electrons. The van der Waals surface area contributed by atoms with Crippen molar-refractivity contribution in [2.45, 2.75) is 18.3 Å². The van der Waals surface area contributed by atoms with Gasteiger partial charge >= 0.3 is 6.03 Å². The van der Waals surface area contributed by atoms with E-state index in [-0.39, 0.29) is 18.3 Å². The summed E-state index contributed by atoms with van der Waals surface area (Å²) in [5.74, 6) is -0.617. The number of benzene rings is 3. The Balaban J connectivity index is 1.52. The minimum atomic E-state index is -1.35. The monoisotopic (exact) mass is 465 g/mol. The second-order valence-electron chi connectivity index (χ2n) is 8.12. The molecule has 1 saturated heterocycles. The lowest BCUT2D eigenvalue weighted by atomic mass is 10.1. The van der Waals surface area contributed by atoms with E-state index >= 15 is 0 Å². The molecule has 8 heteroatoms. The van der Waals surface area contributed by atoms with Gasteiger partial charge in [-0.15, -0.1) is 11.8 Å². The lowest BCUT2D eigenvalue weighted by Gasteiger charge is -2.33. The first kappa shape index (κ1) is 21.5. The molecule has 2 aliphatic heterocycles. The van der Waals surface area contributed by atoms with Gasteiger partial charge in [0.2, 0.25) is 0 Å². The highest BCUT2D eigenvalue weighted by Crippen LogP contribution is 2.54. The number of amides is 3. The van der Waals surface area contributed by atoms with Crippen LogP contribution in [0.5, 0.6) is 0 Å². The van der Waals surface area contributed by atoms with Crippen molar-refractivity contribution in [3.05, 3.63) is 95.1 Å². The maximum absolute atomic E-state index is 14.3. The molecule has 3 aromatic carbocycles. The van der Waals surface area contributed by atoms with Crippen LogP contribution in [0.3, 0.4) is 0 Å². The van der Waals surface area contributed by atoms with Crippen LogP contribution in [0.2, 0.25) is 0 Å². The fraction of sp³-hybridized carbons (Fsp3) is 0.200. The highest BCUT2D eigenvalue weighted by atomic mass is 32.2. The molecule has 2 heterocycles. The Morgan fingerprint density at radius 1 is 1.03 bits per heavy atom. The highest BCUT2D eigenvalue weighted by molar-refractivity contribution is 8.01. The van der Waals surface area contributed by atoms with Gasteiger partial charge in [-0.1, -0.05) is 29.8 Å². The summed E-state index contributed by atoms with van der Waals surface area (Å²) in [6, 6.07) is 17.1. The van der Waals surface area contributed by atoms with E-state index in [1.54, 1.807) is 35.2 Å². The van der Waals surface area contributed by atoms with Gasteiger partial charge in [0.1, 0.15) is 11.6 Å². The van der Waals surface area contributed by atoms with Crippen molar-refractivity contribution >= 4 is 35.1 Å². The van der Waals surface area contributed by atoms with Gasteiger partial charge in [0, 0.05) is 23.5 Å². The first-order valence-electron chi connectivity index (χ1n) is 10.5. The number of hydrogen-bond acceptors (Lipinski definition) is 3. The molecular formula is C25H21F2N3O2S. The summed E-state index contributed by atoms with van der Waals surface area (Å²) < 4.78 is 27.7. The molecular weight excluding hydrogens is 444 g/mol. The molecule has 5 nitrogen and oxygen atoms in total. The highest BCUT2D eigenvalue weighted by Gasteiger charge is 2.59. The molecule has 0 unspecified atom stereocenters. The standard InChI is InChI=1S/C25H21F2N3O2S/c1-16-2-9-20(10-3-16)28-24(32)30-12-13-33-25(30)21-14-19(27)8-11-22(21)29(23(25)31)15-17-4-6-18(26)7-5-17/h2-11,14H,12-13,15H2,1H3,(H,28,32)/t25-/m0/s1. The number of rotatable bonds is 3. The predicted octanol–water partition coefficient (Wildman–Crippen LogP) is 5.25. The number of anilines is 2. The summed E-state index contributed by atoms with van der Waals surface area (Å²) in [6.45, 7) is 2.48. The second-order valence-corrected chi connectivity index (χ2v) is 9.41. The number of thioether (sulfide) groups is 1. The summed E-state index contributed by atoms with van der Waals surface area (Å²) in [6.07, 6.45) is 0. The molecule has 3 aromatic rings. The van der Waals surface area contributed by atoms with E-state index in [9.17, 15) is 18.4 Å². The van der Waals surface area contributed by atoms with E-state index in [4.69, 9.17) is 0 Å². The van der Waals surface area contributed by atoms with Crippen LogP contribution in [0.25, 0.3) is 0 Å². The first-order chi connectivity index (χ1) is 15.9. The number of urea groups is 1. The maximum atomic E-state index is 14.3. The summed E-state index contributed by atoms with van der Waals surface area (Å²) in [7, 11) is 0. The quantitative estimate of drug-likeness (QED) is 0.575. The van der Waals surface area contributed by atoms with Crippen molar-refractivity contribution in [1.82, 2.24) is 4.90 Å². The van der Waals surface area contributed by atoms with Gasteiger partial charge in [-0.05, 0) is 55.0 Å². The third-order valence-corrected chi connectivity index (χ3v) is 7.38. The van der Waals surface area contributed by atoms with Crippen molar-refractivity contribution in [3.8, 4) is 0 Å². The smallest absolute Gasteiger partial charge is 0.308 e. The molecule has 33 heavy (non-hydrogen) atoms. The number of nitrogens with one attached hydrogen (secondary N) is 1. The summed E-state index contributed by atoms with van der Waals surface area (Å²) in [4.78, 5) is 28.8. The van der Waals surface area contributed by atoms with Crippen molar-refractivity contribution < 1.29 is 18.4 Å². The van der Waals surface area contributed by atoms with Crippen LogP contribution in [-0.4, -0.2) is 29.1 Å². The molecule has 0 radical (unpaired) electrons. The van der Waals surface area contributed by atoms with Gasteiger partial charge in [-0.25, -0.2) is 13.6 Å². The van der Waals surface area contributed by atoms with Crippen molar-refractivity contribution in [1.29, 1.82) is 0 Å². The fourth-order valence-electron chi connectivity index (χ4n) is 4.34. The van der Waals surface area contributed by atoms with Gasteiger partial charge in [-0.2, -0.15) is 0 Å². The van der Waals surface area contributed by atoms with Crippen LogP contribution in [0, 0.1) is 18.6 Å². The van der Waals surface area contributed by atoms with E-state index in [1.165, 1.54) is 40.9 Å². The molecule has 0 aromatic heterocycles. The summed E-state index contributed by atoms with van der Waals surface area (Å²) >= 11 is 1.33. The Labute approximate surface area is 194 Å². The zero-order valence-corrected chi connectivity index (χ0v) is 18.7. The van der Waals surface area contributed by atoms with Crippen LogP contribution < -0.4 is 10.2 Å². The molecule has 0 aliphatic carbocycles. The number of hydrogen-bond donors (Lipinski definition) is 1. The van der Waals surface area contributed by atoms with E-state index in [1.807, 2.05) is 19.1 Å². The average Bonchev–Trinajstić information content (AvgIpc) is 3.34. The topological polar surface area (TPSA) is 52.7 Å². The van der Waals surface area contributed by atoms with Gasteiger partial charge in [0.25, 0.3) is 5.91 Å². The number of fused-ring (bicyclic) bond motifs is 2. The van der Waals surface area contributed by atoms with Crippen molar-refractivity contribution in [3.63, 3.8) is 0 Å². The SMILES string of the molecule is Cc1ccc(NC(=O)N2CCS[C@@]23C(=O)N(Cc2ccc(F)cc2)c2ccc(F)cc23)cc1. The summed E-state index contributed by atoms with van der Waals surface area (Å²) in [5, 5.41) is 2.87. The molecule has 3 amide bonds.